The minimum atomic E-state index is -4.43. The van der Waals surface area contributed by atoms with Gasteiger partial charge in [0.25, 0.3) is 0 Å². The van der Waals surface area contributed by atoms with Crippen LogP contribution in [0.25, 0.3) is 11.0 Å². The largest absolute Gasteiger partial charge is 0.478 e. The number of morpholine rings is 1. The third-order valence-corrected chi connectivity index (χ3v) is 6.97. The van der Waals surface area contributed by atoms with Crippen molar-refractivity contribution in [2.45, 2.75) is 32.2 Å². The van der Waals surface area contributed by atoms with E-state index in [2.05, 4.69) is 5.32 Å². The van der Waals surface area contributed by atoms with E-state index < -0.39 is 29.9 Å². The molecule has 7 nitrogen and oxygen atoms in total. The first kappa shape index (κ1) is 27.3. The van der Waals surface area contributed by atoms with Crippen molar-refractivity contribution in [1.82, 2.24) is 0 Å². The number of hydrogen-bond donors (Lipinski definition) is 2. The van der Waals surface area contributed by atoms with Gasteiger partial charge in [0.05, 0.1) is 35.7 Å². The van der Waals surface area contributed by atoms with Crippen molar-refractivity contribution in [3.05, 3.63) is 105 Å². The summed E-state index contributed by atoms with van der Waals surface area (Å²) in [4.78, 5) is 26.8. The molecular formula is C30H27F3N2O5. The fourth-order valence-corrected chi connectivity index (χ4v) is 4.94. The van der Waals surface area contributed by atoms with E-state index in [-0.39, 0.29) is 24.1 Å². The number of fused-ring (bicyclic) bond motifs is 1. The fraction of sp³-hybridized carbons (Fsp3) is 0.267. The number of anilines is 2. The van der Waals surface area contributed by atoms with E-state index >= 15 is 0 Å². The Balaban J connectivity index is 1.47. The van der Waals surface area contributed by atoms with Crippen LogP contribution in [0.5, 0.6) is 0 Å². The molecule has 40 heavy (non-hydrogen) atoms. The molecule has 1 fully saturated rings. The van der Waals surface area contributed by atoms with Crippen molar-refractivity contribution in [2.24, 2.45) is 0 Å². The Morgan fingerprint density at radius 1 is 1.10 bits per heavy atom. The van der Waals surface area contributed by atoms with E-state index in [1.54, 1.807) is 24.3 Å². The Morgan fingerprint density at radius 3 is 2.52 bits per heavy atom. The van der Waals surface area contributed by atoms with Crippen LogP contribution in [0.1, 0.15) is 51.7 Å². The average molecular weight is 553 g/mol. The van der Waals surface area contributed by atoms with E-state index in [9.17, 15) is 27.9 Å². The molecule has 0 radical (unpaired) electrons. The van der Waals surface area contributed by atoms with Gasteiger partial charge in [0, 0.05) is 23.9 Å². The van der Waals surface area contributed by atoms with Crippen LogP contribution in [0.3, 0.4) is 0 Å². The van der Waals surface area contributed by atoms with Gasteiger partial charge in [0.15, 0.2) is 11.3 Å². The van der Waals surface area contributed by atoms with Crippen LogP contribution in [0.15, 0.2) is 75.9 Å². The number of rotatable bonds is 6. The quantitative estimate of drug-likeness (QED) is 0.280. The van der Waals surface area contributed by atoms with E-state index in [0.717, 1.165) is 17.7 Å². The molecule has 10 heteroatoms. The maximum atomic E-state index is 13.2. The van der Waals surface area contributed by atoms with Crippen molar-refractivity contribution in [2.75, 3.05) is 29.9 Å². The van der Waals surface area contributed by atoms with Crippen molar-refractivity contribution in [1.29, 1.82) is 0 Å². The topological polar surface area (TPSA) is 92.0 Å². The van der Waals surface area contributed by atoms with E-state index in [1.165, 1.54) is 24.3 Å². The summed E-state index contributed by atoms with van der Waals surface area (Å²) in [5, 5.41) is 13.2. The monoisotopic (exact) mass is 552 g/mol. The van der Waals surface area contributed by atoms with Crippen LogP contribution in [0.2, 0.25) is 0 Å². The number of halogens is 3. The molecule has 1 saturated heterocycles. The molecule has 4 aromatic rings. The SMILES string of the molecule is Cc1cc(C(C)Nc2ccccc2C(=O)O)c2oc(N3CCOC(c4ccc(C(F)(F)F)cc4)C3)cc(=O)c2c1. The van der Waals surface area contributed by atoms with Crippen LogP contribution in [0, 0.1) is 6.92 Å². The Hall–Kier alpha value is -4.31. The predicted molar refractivity (Wildman–Crippen MR) is 145 cm³/mol. The highest BCUT2D eigenvalue weighted by Crippen LogP contribution is 2.34. The minimum Gasteiger partial charge on any atom is -0.478 e. The number of carbonyl (C=O) groups is 1. The van der Waals surface area contributed by atoms with Gasteiger partial charge in [-0.15, -0.1) is 0 Å². The summed E-state index contributed by atoms with van der Waals surface area (Å²) in [7, 11) is 0. The number of aromatic carboxylic acids is 1. The van der Waals surface area contributed by atoms with Crippen molar-refractivity contribution < 1.29 is 32.2 Å². The number of para-hydroxylation sites is 1. The standard InChI is InChI=1S/C30H27F3N2O5/c1-17-13-22(18(2)34-24-6-4-3-5-21(24)29(37)38)28-23(14-17)25(36)15-27(40-28)35-11-12-39-26(16-35)19-7-9-20(10-8-19)30(31,32)33/h3-10,13-15,18,26,34H,11-12,16H2,1-2H3,(H,37,38). The lowest BCUT2D eigenvalue weighted by atomic mass is 10.0. The maximum Gasteiger partial charge on any atom is 0.416 e. The van der Waals surface area contributed by atoms with Gasteiger partial charge in [-0.25, -0.2) is 4.79 Å². The van der Waals surface area contributed by atoms with Crippen LogP contribution >= 0.6 is 0 Å². The molecule has 0 amide bonds. The van der Waals surface area contributed by atoms with E-state index in [4.69, 9.17) is 9.15 Å². The molecular weight excluding hydrogens is 525 g/mol. The number of carboxylic acid groups (broad SMARTS) is 1. The Kier molecular flexibility index (Phi) is 7.29. The first-order valence-corrected chi connectivity index (χ1v) is 12.7. The molecule has 208 valence electrons. The second-order valence-corrected chi connectivity index (χ2v) is 9.82. The molecule has 0 aliphatic carbocycles. The van der Waals surface area contributed by atoms with Crippen molar-refractivity contribution in [3.8, 4) is 0 Å². The molecule has 2 N–H and O–H groups in total. The minimum absolute atomic E-state index is 0.121. The number of alkyl halides is 3. The van der Waals surface area contributed by atoms with Gasteiger partial charge < -0.3 is 24.5 Å². The molecule has 2 heterocycles. The first-order valence-electron chi connectivity index (χ1n) is 12.7. The number of nitrogens with zero attached hydrogens (tertiary/aromatic N) is 1. The summed E-state index contributed by atoms with van der Waals surface area (Å²) in [6.45, 7) is 4.71. The summed E-state index contributed by atoms with van der Waals surface area (Å²) in [6.07, 6.45) is -4.94. The molecule has 2 atom stereocenters. The second-order valence-electron chi connectivity index (χ2n) is 9.82. The molecule has 2 unspecified atom stereocenters. The molecule has 1 aliphatic heterocycles. The number of hydrogen-bond acceptors (Lipinski definition) is 6. The van der Waals surface area contributed by atoms with Crippen LogP contribution in [0.4, 0.5) is 24.7 Å². The van der Waals surface area contributed by atoms with E-state index in [1.807, 2.05) is 24.8 Å². The lowest BCUT2D eigenvalue weighted by Gasteiger charge is -2.33. The smallest absolute Gasteiger partial charge is 0.416 e. The van der Waals surface area contributed by atoms with Gasteiger partial charge in [-0.1, -0.05) is 30.3 Å². The molecule has 5 rings (SSSR count). The lowest BCUT2D eigenvalue weighted by Crippen LogP contribution is -2.38. The molecule has 1 aromatic heterocycles. The molecule has 0 spiro atoms. The van der Waals surface area contributed by atoms with Crippen LogP contribution in [-0.4, -0.2) is 30.8 Å². The number of benzene rings is 3. The zero-order chi connectivity index (χ0) is 28.6. The van der Waals surface area contributed by atoms with Gasteiger partial charge in [-0.2, -0.15) is 13.2 Å². The molecule has 1 aliphatic rings. The number of carboxylic acids is 1. The summed E-state index contributed by atoms with van der Waals surface area (Å²) in [5.74, 6) is -0.742. The third-order valence-electron chi connectivity index (χ3n) is 6.97. The molecule has 0 saturated carbocycles. The zero-order valence-corrected chi connectivity index (χ0v) is 21.8. The summed E-state index contributed by atoms with van der Waals surface area (Å²) in [6, 6.07) is 16.1. The Morgan fingerprint density at radius 2 is 1.82 bits per heavy atom. The predicted octanol–water partition coefficient (Wildman–Crippen LogP) is 6.57. The molecule has 3 aromatic carbocycles. The number of aryl methyl sites for hydroxylation is 1. The highest BCUT2D eigenvalue weighted by molar-refractivity contribution is 5.94. The Labute approximate surface area is 227 Å². The second kappa shape index (κ2) is 10.7. The van der Waals surface area contributed by atoms with Crippen molar-refractivity contribution >= 4 is 28.5 Å². The maximum absolute atomic E-state index is 13.2. The summed E-state index contributed by atoms with van der Waals surface area (Å²) >= 11 is 0. The first-order chi connectivity index (χ1) is 19.0. The van der Waals surface area contributed by atoms with Crippen LogP contribution in [-0.2, 0) is 10.9 Å². The highest BCUT2D eigenvalue weighted by Gasteiger charge is 2.31. The lowest BCUT2D eigenvalue weighted by molar-refractivity contribution is -0.137. The zero-order valence-electron chi connectivity index (χ0n) is 21.8. The van der Waals surface area contributed by atoms with Gasteiger partial charge >= 0.3 is 12.1 Å². The van der Waals surface area contributed by atoms with Gasteiger partial charge in [0.2, 0.25) is 0 Å². The highest BCUT2D eigenvalue weighted by atomic mass is 19.4. The van der Waals surface area contributed by atoms with Gasteiger partial charge in [-0.05, 0) is 55.3 Å². The summed E-state index contributed by atoms with van der Waals surface area (Å²) in [5.41, 5.74) is 2.07. The van der Waals surface area contributed by atoms with Crippen LogP contribution < -0.4 is 15.6 Å². The van der Waals surface area contributed by atoms with E-state index in [0.29, 0.717) is 40.2 Å². The normalized spacial score (nSPS) is 16.6. The van der Waals surface area contributed by atoms with Gasteiger partial charge in [-0.3, -0.25) is 4.79 Å². The summed E-state index contributed by atoms with van der Waals surface area (Å²) < 4.78 is 51.1. The third kappa shape index (κ3) is 5.53. The number of ether oxygens (including phenoxy) is 1. The van der Waals surface area contributed by atoms with Gasteiger partial charge in [0.1, 0.15) is 11.7 Å². The molecule has 0 bridgehead atoms. The number of nitrogens with one attached hydrogen (secondary N) is 1. The fourth-order valence-electron chi connectivity index (χ4n) is 4.94. The Bertz CT molecular complexity index is 1610. The average Bonchev–Trinajstić information content (AvgIpc) is 2.93. The van der Waals surface area contributed by atoms with Crippen molar-refractivity contribution in [3.63, 3.8) is 0 Å².